The minimum absolute atomic E-state index is 0.0974. The fourth-order valence-electron chi connectivity index (χ4n) is 1.72. The lowest BCUT2D eigenvalue weighted by Gasteiger charge is -2.27. The maximum Gasteiger partial charge on any atom is 0.0672 e. The minimum atomic E-state index is -0.598. The van der Waals surface area contributed by atoms with Crippen LogP contribution in [0.5, 0.6) is 0 Å². The zero-order valence-corrected chi connectivity index (χ0v) is 7.50. The van der Waals surface area contributed by atoms with Gasteiger partial charge in [-0.3, -0.25) is 0 Å². The molecule has 0 aromatic heterocycles. The van der Waals surface area contributed by atoms with Gasteiger partial charge in [0.1, 0.15) is 0 Å². The second-order valence-electron chi connectivity index (χ2n) is 3.60. The molecule has 2 heteroatoms. The van der Waals surface area contributed by atoms with E-state index >= 15 is 0 Å². The summed E-state index contributed by atoms with van der Waals surface area (Å²) >= 11 is 0. The average Bonchev–Trinajstić information content (AvgIpc) is 1.99. The van der Waals surface area contributed by atoms with E-state index in [0.717, 1.165) is 32.1 Å². The third-order valence-corrected chi connectivity index (χ3v) is 2.53. The normalized spacial score (nSPS) is 33.8. The van der Waals surface area contributed by atoms with Crippen molar-refractivity contribution in [2.45, 2.75) is 44.1 Å². The van der Waals surface area contributed by atoms with Gasteiger partial charge in [0.15, 0.2) is 0 Å². The molecule has 0 saturated heterocycles. The molecular weight excluding hydrogens is 152 g/mol. The van der Waals surface area contributed by atoms with Gasteiger partial charge in [0, 0.05) is 6.61 Å². The molecule has 0 fully saturated rings. The van der Waals surface area contributed by atoms with Gasteiger partial charge < -0.3 is 10.2 Å². The van der Waals surface area contributed by atoms with E-state index in [9.17, 15) is 5.11 Å². The molecule has 12 heavy (non-hydrogen) atoms. The third kappa shape index (κ3) is 2.95. The Hall–Kier alpha value is -0.340. The van der Waals surface area contributed by atoms with Crippen LogP contribution in [0.1, 0.15) is 38.5 Å². The quantitative estimate of drug-likeness (QED) is 0.618. The molecule has 1 aliphatic carbocycles. The molecule has 0 radical (unpaired) electrons. The molecule has 1 rings (SSSR count). The van der Waals surface area contributed by atoms with E-state index in [1.165, 1.54) is 0 Å². The zero-order valence-electron chi connectivity index (χ0n) is 7.50. The van der Waals surface area contributed by atoms with Crippen LogP contribution >= 0.6 is 0 Å². The molecule has 2 nitrogen and oxygen atoms in total. The number of aliphatic hydroxyl groups is 2. The average molecular weight is 170 g/mol. The Balaban J connectivity index is 2.45. The number of allylic oxidation sites excluding steroid dienone is 2. The number of aliphatic hydroxyl groups excluding tert-OH is 1. The van der Waals surface area contributed by atoms with E-state index in [-0.39, 0.29) is 6.61 Å². The zero-order chi connectivity index (χ0) is 8.86. The summed E-state index contributed by atoms with van der Waals surface area (Å²) in [4.78, 5) is 0. The summed E-state index contributed by atoms with van der Waals surface area (Å²) in [5.74, 6) is 0. The third-order valence-electron chi connectivity index (χ3n) is 2.53. The highest BCUT2D eigenvalue weighted by molar-refractivity contribution is 4.90. The second-order valence-corrected chi connectivity index (χ2v) is 3.60. The van der Waals surface area contributed by atoms with Crippen molar-refractivity contribution < 1.29 is 10.2 Å². The van der Waals surface area contributed by atoms with Crippen molar-refractivity contribution in [2.24, 2.45) is 0 Å². The van der Waals surface area contributed by atoms with Gasteiger partial charge in [0.05, 0.1) is 5.60 Å². The van der Waals surface area contributed by atoms with Gasteiger partial charge in [-0.1, -0.05) is 12.2 Å². The van der Waals surface area contributed by atoms with Crippen LogP contribution in [0, 0.1) is 0 Å². The van der Waals surface area contributed by atoms with Crippen LogP contribution in [0.4, 0.5) is 0 Å². The van der Waals surface area contributed by atoms with Gasteiger partial charge in [-0.25, -0.2) is 0 Å². The highest BCUT2D eigenvalue weighted by Crippen LogP contribution is 2.26. The Morgan fingerprint density at radius 2 is 1.92 bits per heavy atom. The summed E-state index contributed by atoms with van der Waals surface area (Å²) in [7, 11) is 0. The summed E-state index contributed by atoms with van der Waals surface area (Å²) in [6, 6.07) is 0. The van der Waals surface area contributed by atoms with Crippen molar-refractivity contribution >= 4 is 0 Å². The molecule has 1 atom stereocenters. The largest absolute Gasteiger partial charge is 0.396 e. The van der Waals surface area contributed by atoms with E-state index < -0.39 is 5.60 Å². The molecule has 0 unspecified atom stereocenters. The Kier molecular flexibility index (Phi) is 3.76. The smallest absolute Gasteiger partial charge is 0.0672 e. The first-order valence-electron chi connectivity index (χ1n) is 4.75. The molecule has 0 bridgehead atoms. The van der Waals surface area contributed by atoms with Crippen LogP contribution in [0.15, 0.2) is 12.2 Å². The van der Waals surface area contributed by atoms with Gasteiger partial charge in [-0.05, 0) is 38.5 Å². The summed E-state index contributed by atoms with van der Waals surface area (Å²) in [6.07, 6.45) is 9.50. The molecule has 0 aliphatic heterocycles. The fraction of sp³-hybridized carbons (Fsp3) is 0.800. The first-order valence-corrected chi connectivity index (χ1v) is 4.75. The standard InChI is InChI=1S/C10H18O2/c11-9-8-10(12)6-4-2-1-3-5-7-10/h1-2,11-12H,3-9H2/b2-1-/t10-/m0/s1. The van der Waals surface area contributed by atoms with Crippen molar-refractivity contribution in [3.63, 3.8) is 0 Å². The van der Waals surface area contributed by atoms with Crippen molar-refractivity contribution in [3.05, 3.63) is 12.2 Å². The Morgan fingerprint density at radius 1 is 1.17 bits per heavy atom. The van der Waals surface area contributed by atoms with E-state index in [1.807, 2.05) is 0 Å². The Bertz CT molecular complexity index is 154. The maximum atomic E-state index is 9.98. The second kappa shape index (κ2) is 4.63. The highest BCUT2D eigenvalue weighted by Gasteiger charge is 2.25. The van der Waals surface area contributed by atoms with Crippen molar-refractivity contribution in [2.75, 3.05) is 6.61 Å². The van der Waals surface area contributed by atoms with Gasteiger partial charge >= 0.3 is 0 Å². The van der Waals surface area contributed by atoms with Gasteiger partial charge in [-0.2, -0.15) is 0 Å². The van der Waals surface area contributed by atoms with Gasteiger partial charge in [0.2, 0.25) is 0 Å². The Morgan fingerprint density at radius 3 is 2.67 bits per heavy atom. The lowest BCUT2D eigenvalue weighted by Crippen LogP contribution is -2.30. The van der Waals surface area contributed by atoms with Crippen LogP contribution in [0.25, 0.3) is 0 Å². The predicted octanol–water partition coefficient (Wildman–Crippen LogP) is 1.62. The van der Waals surface area contributed by atoms with Crippen LogP contribution in [0.2, 0.25) is 0 Å². The summed E-state index contributed by atoms with van der Waals surface area (Å²) in [6.45, 7) is 0.0974. The molecular formula is C10H18O2. The topological polar surface area (TPSA) is 40.5 Å². The van der Waals surface area contributed by atoms with E-state index in [1.54, 1.807) is 0 Å². The lowest BCUT2D eigenvalue weighted by molar-refractivity contribution is -0.00119. The molecule has 0 aromatic carbocycles. The van der Waals surface area contributed by atoms with Crippen LogP contribution in [-0.2, 0) is 0 Å². The number of hydrogen-bond donors (Lipinski definition) is 2. The van der Waals surface area contributed by atoms with E-state index in [0.29, 0.717) is 6.42 Å². The van der Waals surface area contributed by atoms with Crippen molar-refractivity contribution in [1.29, 1.82) is 0 Å². The van der Waals surface area contributed by atoms with Gasteiger partial charge in [0.25, 0.3) is 0 Å². The van der Waals surface area contributed by atoms with Crippen LogP contribution in [-0.4, -0.2) is 22.4 Å². The summed E-state index contributed by atoms with van der Waals surface area (Å²) in [5, 5.41) is 18.8. The molecule has 0 spiro atoms. The molecule has 0 amide bonds. The predicted molar refractivity (Wildman–Crippen MR) is 48.9 cm³/mol. The lowest BCUT2D eigenvalue weighted by atomic mass is 9.87. The molecule has 0 aromatic rings. The van der Waals surface area contributed by atoms with Crippen LogP contribution < -0.4 is 0 Å². The first-order chi connectivity index (χ1) is 5.77. The van der Waals surface area contributed by atoms with E-state index in [4.69, 9.17) is 5.11 Å². The monoisotopic (exact) mass is 170 g/mol. The molecule has 70 valence electrons. The molecule has 0 saturated carbocycles. The summed E-state index contributed by atoms with van der Waals surface area (Å²) in [5.41, 5.74) is -0.598. The minimum Gasteiger partial charge on any atom is -0.396 e. The van der Waals surface area contributed by atoms with Gasteiger partial charge in [-0.15, -0.1) is 0 Å². The number of rotatable bonds is 2. The maximum absolute atomic E-state index is 9.98. The highest BCUT2D eigenvalue weighted by atomic mass is 16.3. The molecule has 1 aliphatic rings. The first kappa shape index (κ1) is 9.75. The van der Waals surface area contributed by atoms with Crippen molar-refractivity contribution in [3.8, 4) is 0 Å². The fourth-order valence-corrected chi connectivity index (χ4v) is 1.72. The molecule has 2 N–H and O–H groups in total. The van der Waals surface area contributed by atoms with Crippen molar-refractivity contribution in [1.82, 2.24) is 0 Å². The molecule has 0 heterocycles. The summed E-state index contributed by atoms with van der Waals surface area (Å²) < 4.78 is 0. The number of hydrogen-bond acceptors (Lipinski definition) is 2. The van der Waals surface area contributed by atoms with Crippen LogP contribution in [0.3, 0.4) is 0 Å². The SMILES string of the molecule is OCC[C@]1(O)CC/C=C\CCC1. The Labute approximate surface area is 73.9 Å². The van der Waals surface area contributed by atoms with E-state index in [2.05, 4.69) is 12.2 Å².